The van der Waals surface area contributed by atoms with Gasteiger partial charge in [0.1, 0.15) is 0 Å². The van der Waals surface area contributed by atoms with Gasteiger partial charge in [0.2, 0.25) is 5.91 Å². The lowest BCUT2D eigenvalue weighted by molar-refractivity contribution is -0.126. The quantitative estimate of drug-likeness (QED) is 0.896. The van der Waals surface area contributed by atoms with Crippen LogP contribution in [0.5, 0.6) is 0 Å². The summed E-state index contributed by atoms with van der Waals surface area (Å²) in [7, 11) is 0. The lowest BCUT2D eigenvalue weighted by Gasteiger charge is -2.37. The molecule has 4 nitrogen and oxygen atoms in total. The topological polar surface area (TPSA) is 44.4 Å². The molecule has 0 saturated carbocycles. The van der Waals surface area contributed by atoms with Crippen LogP contribution in [-0.4, -0.2) is 42.5 Å². The van der Waals surface area contributed by atoms with E-state index in [0.717, 1.165) is 45.3 Å². The Morgan fingerprint density at radius 3 is 2.81 bits per heavy atom. The summed E-state index contributed by atoms with van der Waals surface area (Å²) in [5, 5.41) is 6.66. The largest absolute Gasteiger partial charge is 0.381 e. The molecular weight excluding hydrogens is 262 g/mol. The van der Waals surface area contributed by atoms with Gasteiger partial charge >= 0.3 is 0 Å². The van der Waals surface area contributed by atoms with Crippen molar-refractivity contribution in [2.45, 2.75) is 44.2 Å². The Bertz CT molecular complexity index is 462. The lowest BCUT2D eigenvalue weighted by Crippen LogP contribution is -2.52. The fourth-order valence-corrected chi connectivity index (χ4v) is 3.45. The SMILES string of the molecule is O=C1NCCCCC1N1CCCC(Nc2ccccc2)C1. The fraction of sp³-hybridized carbons (Fsp3) is 0.588. The third kappa shape index (κ3) is 3.76. The van der Waals surface area contributed by atoms with Crippen molar-refractivity contribution in [3.8, 4) is 0 Å². The molecule has 2 aliphatic heterocycles. The Hall–Kier alpha value is -1.55. The average molecular weight is 287 g/mol. The number of carbonyl (C=O) groups is 1. The summed E-state index contributed by atoms with van der Waals surface area (Å²) in [6.07, 6.45) is 5.61. The van der Waals surface area contributed by atoms with E-state index in [4.69, 9.17) is 0 Å². The Kier molecular flexibility index (Phi) is 4.76. The van der Waals surface area contributed by atoms with Gasteiger partial charge < -0.3 is 10.6 Å². The van der Waals surface area contributed by atoms with Crippen LogP contribution in [0, 0.1) is 0 Å². The van der Waals surface area contributed by atoms with Crippen LogP contribution in [0.1, 0.15) is 32.1 Å². The van der Waals surface area contributed by atoms with Crippen molar-refractivity contribution in [3.63, 3.8) is 0 Å². The van der Waals surface area contributed by atoms with Gasteiger partial charge in [-0.1, -0.05) is 18.2 Å². The van der Waals surface area contributed by atoms with E-state index in [2.05, 4.69) is 39.8 Å². The second-order valence-corrected chi connectivity index (χ2v) is 6.15. The number of para-hydroxylation sites is 1. The maximum absolute atomic E-state index is 12.2. The summed E-state index contributed by atoms with van der Waals surface area (Å²) >= 11 is 0. The van der Waals surface area contributed by atoms with Crippen LogP contribution in [0.2, 0.25) is 0 Å². The highest BCUT2D eigenvalue weighted by molar-refractivity contribution is 5.81. The average Bonchev–Trinajstić information content (AvgIpc) is 2.73. The molecule has 0 aliphatic carbocycles. The smallest absolute Gasteiger partial charge is 0.237 e. The van der Waals surface area contributed by atoms with Crippen LogP contribution in [0.15, 0.2) is 30.3 Å². The molecule has 2 heterocycles. The number of anilines is 1. The molecule has 114 valence electrons. The van der Waals surface area contributed by atoms with Gasteiger partial charge in [-0.15, -0.1) is 0 Å². The Morgan fingerprint density at radius 1 is 1.10 bits per heavy atom. The van der Waals surface area contributed by atoms with Crippen LogP contribution in [0.3, 0.4) is 0 Å². The molecule has 0 aromatic heterocycles. The minimum Gasteiger partial charge on any atom is -0.381 e. The molecule has 0 bridgehead atoms. The first-order valence-corrected chi connectivity index (χ1v) is 8.16. The second kappa shape index (κ2) is 6.94. The van der Waals surface area contributed by atoms with E-state index < -0.39 is 0 Å². The third-order valence-corrected chi connectivity index (χ3v) is 4.54. The number of hydrogen-bond acceptors (Lipinski definition) is 3. The Labute approximate surface area is 126 Å². The molecule has 4 heteroatoms. The number of benzene rings is 1. The molecule has 1 aromatic rings. The number of likely N-dealkylation sites (tertiary alicyclic amines) is 1. The molecule has 2 saturated heterocycles. The van der Waals surface area contributed by atoms with Crippen LogP contribution < -0.4 is 10.6 Å². The lowest BCUT2D eigenvalue weighted by atomic mass is 10.0. The van der Waals surface area contributed by atoms with Gasteiger partial charge in [-0.3, -0.25) is 9.69 Å². The summed E-state index contributed by atoms with van der Waals surface area (Å²) in [5.41, 5.74) is 1.18. The number of rotatable bonds is 3. The molecule has 2 unspecified atom stereocenters. The summed E-state index contributed by atoms with van der Waals surface area (Å²) < 4.78 is 0. The van der Waals surface area contributed by atoms with Crippen molar-refractivity contribution >= 4 is 11.6 Å². The van der Waals surface area contributed by atoms with Gasteiger partial charge in [0.05, 0.1) is 6.04 Å². The zero-order valence-corrected chi connectivity index (χ0v) is 12.6. The molecule has 21 heavy (non-hydrogen) atoms. The molecular formula is C17H25N3O. The van der Waals surface area contributed by atoms with Crippen LogP contribution in [0.4, 0.5) is 5.69 Å². The second-order valence-electron chi connectivity index (χ2n) is 6.15. The van der Waals surface area contributed by atoms with Gasteiger partial charge in [0.15, 0.2) is 0 Å². The van der Waals surface area contributed by atoms with Crippen LogP contribution in [0.25, 0.3) is 0 Å². The zero-order chi connectivity index (χ0) is 14.5. The van der Waals surface area contributed by atoms with Gasteiger partial charge in [0.25, 0.3) is 0 Å². The van der Waals surface area contributed by atoms with Crippen molar-refractivity contribution in [1.29, 1.82) is 0 Å². The molecule has 0 spiro atoms. The van der Waals surface area contributed by atoms with Crippen molar-refractivity contribution < 1.29 is 4.79 Å². The van der Waals surface area contributed by atoms with Crippen molar-refractivity contribution in [3.05, 3.63) is 30.3 Å². The summed E-state index contributed by atoms with van der Waals surface area (Å²) in [4.78, 5) is 14.6. The fourth-order valence-electron chi connectivity index (χ4n) is 3.45. The number of amides is 1. The summed E-state index contributed by atoms with van der Waals surface area (Å²) in [6, 6.07) is 10.9. The minimum absolute atomic E-state index is 0.0767. The highest BCUT2D eigenvalue weighted by Crippen LogP contribution is 2.21. The summed E-state index contributed by atoms with van der Waals surface area (Å²) in [6.45, 7) is 2.85. The molecule has 3 rings (SSSR count). The molecule has 1 amide bonds. The number of piperidine rings is 1. The predicted octanol–water partition coefficient (Wildman–Crippen LogP) is 2.23. The van der Waals surface area contributed by atoms with Gasteiger partial charge in [-0.25, -0.2) is 0 Å². The van der Waals surface area contributed by atoms with Crippen molar-refractivity contribution in [2.75, 3.05) is 25.0 Å². The van der Waals surface area contributed by atoms with E-state index >= 15 is 0 Å². The molecule has 2 fully saturated rings. The minimum atomic E-state index is 0.0767. The molecule has 2 N–H and O–H groups in total. The van der Waals surface area contributed by atoms with E-state index in [0.29, 0.717) is 6.04 Å². The van der Waals surface area contributed by atoms with E-state index in [9.17, 15) is 4.79 Å². The van der Waals surface area contributed by atoms with E-state index in [1.54, 1.807) is 0 Å². The van der Waals surface area contributed by atoms with E-state index in [-0.39, 0.29) is 11.9 Å². The first kappa shape index (κ1) is 14.4. The van der Waals surface area contributed by atoms with E-state index in [1.807, 2.05) is 6.07 Å². The first-order chi connectivity index (χ1) is 10.3. The monoisotopic (exact) mass is 287 g/mol. The highest BCUT2D eigenvalue weighted by Gasteiger charge is 2.31. The zero-order valence-electron chi connectivity index (χ0n) is 12.6. The number of nitrogens with one attached hydrogen (secondary N) is 2. The number of nitrogens with zero attached hydrogens (tertiary/aromatic N) is 1. The maximum Gasteiger partial charge on any atom is 0.237 e. The number of hydrogen-bond donors (Lipinski definition) is 2. The standard InChI is InChI=1S/C17H25N3O/c21-17-16(10-4-5-11-18-17)20-12-6-9-15(13-20)19-14-7-2-1-3-8-14/h1-3,7-8,15-16,19H,4-6,9-13H2,(H,18,21). The van der Waals surface area contributed by atoms with Crippen molar-refractivity contribution in [1.82, 2.24) is 10.2 Å². The molecule has 1 aromatic carbocycles. The van der Waals surface area contributed by atoms with Gasteiger partial charge in [-0.05, 0) is 50.8 Å². The predicted molar refractivity (Wildman–Crippen MR) is 85.3 cm³/mol. The molecule has 0 radical (unpaired) electrons. The third-order valence-electron chi connectivity index (χ3n) is 4.54. The summed E-state index contributed by atoms with van der Waals surface area (Å²) in [5.74, 6) is 0.230. The number of carbonyl (C=O) groups excluding carboxylic acids is 1. The van der Waals surface area contributed by atoms with Crippen molar-refractivity contribution in [2.24, 2.45) is 0 Å². The maximum atomic E-state index is 12.2. The Balaban J connectivity index is 1.61. The normalized spacial score (nSPS) is 27.7. The molecule has 2 aliphatic rings. The van der Waals surface area contributed by atoms with E-state index in [1.165, 1.54) is 12.1 Å². The van der Waals surface area contributed by atoms with Crippen LogP contribution >= 0.6 is 0 Å². The van der Waals surface area contributed by atoms with Gasteiger partial charge in [0, 0.05) is 24.8 Å². The Morgan fingerprint density at radius 2 is 1.95 bits per heavy atom. The molecule has 2 atom stereocenters. The first-order valence-electron chi connectivity index (χ1n) is 8.16. The highest BCUT2D eigenvalue weighted by atomic mass is 16.2. The van der Waals surface area contributed by atoms with Crippen LogP contribution in [-0.2, 0) is 4.79 Å². The van der Waals surface area contributed by atoms with Gasteiger partial charge in [-0.2, -0.15) is 0 Å².